The number of hydrogen-bond acceptors (Lipinski definition) is 3. The fourth-order valence-corrected chi connectivity index (χ4v) is 3.79. The Balaban J connectivity index is 0.00000196. The van der Waals surface area contributed by atoms with Crippen LogP contribution in [0.1, 0.15) is 42.4 Å². The molecule has 142 valence electrons. The van der Waals surface area contributed by atoms with Crippen molar-refractivity contribution in [3.63, 3.8) is 0 Å². The third-order valence-corrected chi connectivity index (χ3v) is 5.92. The molecule has 0 atom stereocenters. The van der Waals surface area contributed by atoms with Crippen molar-refractivity contribution in [2.75, 3.05) is 19.6 Å². The summed E-state index contributed by atoms with van der Waals surface area (Å²) in [7, 11) is 0. The third-order valence-electron chi connectivity index (χ3n) is 5.92. The molecule has 1 saturated carbocycles. The Labute approximate surface area is 161 Å². The number of nitrogens with zero attached hydrogens (tertiary/aromatic N) is 1. The lowest BCUT2D eigenvalue weighted by atomic mass is 10.0. The molecule has 1 aromatic carbocycles. The van der Waals surface area contributed by atoms with Crippen LogP contribution in [0.3, 0.4) is 0 Å². The van der Waals surface area contributed by atoms with Crippen LogP contribution in [0.2, 0.25) is 0 Å². The van der Waals surface area contributed by atoms with Crippen LogP contribution >= 0.6 is 12.4 Å². The van der Waals surface area contributed by atoms with E-state index in [-0.39, 0.29) is 18.3 Å². The number of amides is 1. The number of aryl methyl sites for hydroxylation is 2. The van der Waals surface area contributed by atoms with Gasteiger partial charge in [-0.05, 0) is 63.1 Å². The summed E-state index contributed by atoms with van der Waals surface area (Å²) in [5, 5.41) is 4.75. The molecule has 2 heterocycles. The van der Waals surface area contributed by atoms with Gasteiger partial charge in [0.05, 0.1) is 12.7 Å². The first-order chi connectivity index (χ1) is 12.1. The second kappa shape index (κ2) is 8.01. The average molecular weight is 377 g/mol. The Morgan fingerprint density at radius 2 is 1.92 bits per heavy atom. The van der Waals surface area contributed by atoms with E-state index < -0.39 is 0 Å². The number of likely N-dealkylation sites (tertiary alicyclic amines) is 1. The van der Waals surface area contributed by atoms with Crippen molar-refractivity contribution in [3.05, 3.63) is 35.1 Å². The molecule has 1 N–H and O–H groups in total. The average Bonchev–Trinajstić information content (AvgIpc) is 3.37. The van der Waals surface area contributed by atoms with Gasteiger partial charge in [-0.15, -0.1) is 12.4 Å². The number of benzene rings is 1. The number of piperidine rings is 1. The van der Waals surface area contributed by atoms with E-state index in [1.54, 1.807) is 6.26 Å². The molecule has 1 saturated heterocycles. The van der Waals surface area contributed by atoms with Gasteiger partial charge in [-0.25, -0.2) is 0 Å². The number of carbonyl (C=O) groups excluding carboxylic acids is 1. The maximum absolute atomic E-state index is 12.7. The highest BCUT2D eigenvalue weighted by atomic mass is 35.5. The third kappa shape index (κ3) is 4.07. The normalized spacial score (nSPS) is 18.2. The first-order valence-corrected chi connectivity index (χ1v) is 9.59. The Kier molecular flexibility index (Phi) is 5.93. The number of nitrogens with one attached hydrogen (secondary N) is 1. The van der Waals surface area contributed by atoms with Crippen LogP contribution in [0.25, 0.3) is 11.0 Å². The topological polar surface area (TPSA) is 45.5 Å². The van der Waals surface area contributed by atoms with Gasteiger partial charge in [0.25, 0.3) is 0 Å². The van der Waals surface area contributed by atoms with E-state index in [9.17, 15) is 4.79 Å². The summed E-state index contributed by atoms with van der Waals surface area (Å²) in [6.07, 6.45) is 7.13. The molecule has 2 fully saturated rings. The van der Waals surface area contributed by atoms with Crippen molar-refractivity contribution < 1.29 is 9.21 Å². The molecule has 0 spiro atoms. The predicted molar refractivity (Wildman–Crippen MR) is 107 cm³/mol. The summed E-state index contributed by atoms with van der Waals surface area (Å²) >= 11 is 0. The molecule has 2 aromatic rings. The minimum absolute atomic E-state index is 0. The molecule has 1 aliphatic heterocycles. The van der Waals surface area contributed by atoms with Crippen LogP contribution in [0.15, 0.2) is 22.8 Å². The van der Waals surface area contributed by atoms with E-state index in [1.165, 1.54) is 30.5 Å². The van der Waals surface area contributed by atoms with E-state index in [4.69, 9.17) is 4.42 Å². The van der Waals surface area contributed by atoms with E-state index in [1.807, 2.05) is 4.90 Å². The highest BCUT2D eigenvalue weighted by molar-refractivity contribution is 5.89. The van der Waals surface area contributed by atoms with E-state index in [0.29, 0.717) is 12.5 Å². The highest BCUT2D eigenvalue weighted by Crippen LogP contribution is 2.29. The molecule has 0 radical (unpaired) electrons. The monoisotopic (exact) mass is 376 g/mol. The van der Waals surface area contributed by atoms with Gasteiger partial charge >= 0.3 is 0 Å². The molecule has 1 amide bonds. The summed E-state index contributed by atoms with van der Waals surface area (Å²) in [5.41, 5.74) is 4.32. The van der Waals surface area contributed by atoms with Crippen molar-refractivity contribution >= 4 is 29.3 Å². The van der Waals surface area contributed by atoms with Gasteiger partial charge in [-0.3, -0.25) is 4.79 Å². The molecule has 1 aliphatic carbocycles. The maximum atomic E-state index is 12.7. The van der Waals surface area contributed by atoms with Crippen molar-refractivity contribution in [2.45, 2.75) is 52.0 Å². The van der Waals surface area contributed by atoms with Crippen molar-refractivity contribution in [3.8, 4) is 0 Å². The van der Waals surface area contributed by atoms with E-state index in [0.717, 1.165) is 48.4 Å². The number of rotatable bonds is 5. The fourth-order valence-electron chi connectivity index (χ4n) is 3.79. The summed E-state index contributed by atoms with van der Waals surface area (Å²) < 4.78 is 5.75. The zero-order valence-corrected chi connectivity index (χ0v) is 16.5. The molecular formula is C21H29ClN2O2. The number of halogens is 1. The van der Waals surface area contributed by atoms with Gasteiger partial charge in [0.15, 0.2) is 0 Å². The minimum atomic E-state index is 0. The number of furan rings is 1. The van der Waals surface area contributed by atoms with Crippen molar-refractivity contribution in [1.29, 1.82) is 0 Å². The molecule has 1 aromatic heterocycles. The Bertz CT molecular complexity index is 774. The lowest BCUT2D eigenvalue weighted by Gasteiger charge is -2.32. The second-order valence-corrected chi connectivity index (χ2v) is 7.83. The zero-order valence-electron chi connectivity index (χ0n) is 15.7. The SMILES string of the molecule is Cc1ccc2c(CC(=O)N3CCC(NCC4CC4)CC3)coc2c1C.Cl. The van der Waals surface area contributed by atoms with Gasteiger partial charge in [0.2, 0.25) is 5.91 Å². The van der Waals surface area contributed by atoms with Gasteiger partial charge in [-0.2, -0.15) is 0 Å². The zero-order chi connectivity index (χ0) is 17.4. The molecule has 2 aliphatic rings. The second-order valence-electron chi connectivity index (χ2n) is 7.83. The summed E-state index contributed by atoms with van der Waals surface area (Å²) in [6.45, 7) is 7.07. The molecule has 26 heavy (non-hydrogen) atoms. The van der Waals surface area contributed by atoms with Crippen LogP contribution in [0, 0.1) is 19.8 Å². The molecule has 0 unspecified atom stereocenters. The summed E-state index contributed by atoms with van der Waals surface area (Å²) in [6, 6.07) is 4.78. The Hall–Kier alpha value is -1.52. The number of hydrogen-bond donors (Lipinski definition) is 1. The van der Waals surface area contributed by atoms with Crippen LogP contribution in [0.5, 0.6) is 0 Å². The lowest BCUT2D eigenvalue weighted by molar-refractivity contribution is -0.131. The largest absolute Gasteiger partial charge is 0.464 e. The van der Waals surface area contributed by atoms with Crippen molar-refractivity contribution in [2.24, 2.45) is 5.92 Å². The standard InChI is InChI=1S/C21H28N2O2.ClH/c1-14-3-6-19-17(13-25-21(19)15(14)2)11-20(24)23-9-7-18(8-10-23)22-12-16-4-5-16;/h3,6,13,16,18,22H,4-5,7-12H2,1-2H3;1H. The quantitative estimate of drug-likeness (QED) is 0.857. The first-order valence-electron chi connectivity index (χ1n) is 9.59. The molecule has 4 nitrogen and oxygen atoms in total. The predicted octanol–water partition coefficient (Wildman–Crippen LogP) is 4.00. The summed E-state index contributed by atoms with van der Waals surface area (Å²) in [5.74, 6) is 1.14. The molecule has 5 heteroatoms. The minimum Gasteiger partial charge on any atom is -0.464 e. The number of carbonyl (C=O) groups is 1. The number of fused-ring (bicyclic) bond motifs is 1. The summed E-state index contributed by atoms with van der Waals surface area (Å²) in [4.78, 5) is 14.7. The fraction of sp³-hybridized carbons (Fsp3) is 0.571. The molecule has 4 rings (SSSR count). The van der Waals surface area contributed by atoms with Crippen LogP contribution < -0.4 is 5.32 Å². The van der Waals surface area contributed by atoms with Gasteiger partial charge in [0, 0.05) is 30.1 Å². The van der Waals surface area contributed by atoms with Crippen LogP contribution in [0.4, 0.5) is 0 Å². The van der Waals surface area contributed by atoms with Gasteiger partial charge in [-0.1, -0.05) is 12.1 Å². The van der Waals surface area contributed by atoms with E-state index in [2.05, 4.69) is 31.3 Å². The molecule has 0 bridgehead atoms. The van der Waals surface area contributed by atoms with Gasteiger partial charge in [0.1, 0.15) is 5.58 Å². The maximum Gasteiger partial charge on any atom is 0.227 e. The highest BCUT2D eigenvalue weighted by Gasteiger charge is 2.26. The smallest absolute Gasteiger partial charge is 0.227 e. The molecular weight excluding hydrogens is 348 g/mol. The first kappa shape index (κ1) is 19.2. The van der Waals surface area contributed by atoms with E-state index >= 15 is 0 Å². The van der Waals surface area contributed by atoms with Crippen LogP contribution in [-0.2, 0) is 11.2 Å². The van der Waals surface area contributed by atoms with Crippen LogP contribution in [-0.4, -0.2) is 36.5 Å². The van der Waals surface area contributed by atoms with Crippen molar-refractivity contribution in [1.82, 2.24) is 10.2 Å². The Morgan fingerprint density at radius 3 is 2.62 bits per heavy atom. The van der Waals surface area contributed by atoms with Gasteiger partial charge < -0.3 is 14.6 Å². The lowest BCUT2D eigenvalue weighted by Crippen LogP contribution is -2.45. The Morgan fingerprint density at radius 1 is 1.19 bits per heavy atom.